The summed E-state index contributed by atoms with van der Waals surface area (Å²) >= 11 is 0. The number of ether oxygens (including phenoxy) is 2. The van der Waals surface area contributed by atoms with Gasteiger partial charge in [0.15, 0.2) is 0 Å². The number of carbonyl (C=O) groups is 1. The Hall–Kier alpha value is -2.82. The third-order valence-corrected chi connectivity index (χ3v) is 5.21. The van der Waals surface area contributed by atoms with Crippen LogP contribution in [0.1, 0.15) is 97.0 Å². The van der Waals surface area contributed by atoms with Crippen molar-refractivity contribution in [2.45, 2.75) is 106 Å². The summed E-state index contributed by atoms with van der Waals surface area (Å²) in [4.78, 5) is 11.1. The average Bonchev–Trinajstić information content (AvgIpc) is 2.95. The summed E-state index contributed by atoms with van der Waals surface area (Å²) in [5.41, 5.74) is 2.03. The van der Waals surface area contributed by atoms with Gasteiger partial charge in [0.25, 0.3) is 6.43 Å². The van der Waals surface area contributed by atoms with E-state index in [0.717, 1.165) is 6.42 Å². The second-order valence-corrected chi connectivity index (χ2v) is 9.03. The summed E-state index contributed by atoms with van der Waals surface area (Å²) < 4.78 is 32.4. The van der Waals surface area contributed by atoms with Crippen molar-refractivity contribution in [1.29, 1.82) is 5.26 Å². The van der Waals surface area contributed by atoms with Crippen LogP contribution in [0.15, 0.2) is 60.7 Å². The van der Waals surface area contributed by atoms with Gasteiger partial charge in [-0.3, -0.25) is 0 Å². The standard InChI is InChI=1S/C12H16O2.C7H16O2.C5H8F2.C5H5N.C4H10/c1-3-4-5-10-6-8-11(9-7-10)12(13)14-2;1-5(2)7(9-4)6(3)8;1-3-4(2)5(6)7;1-2-3-4-5-6;1-3-4-2/h6-9H,3-5H2,1-2H3;5-8H,1-4H3;3,5H,1-2H3;2-4H,1H2;3-4H2,1-2H3/b;;2*4-3+;. The van der Waals surface area contributed by atoms with Crippen molar-refractivity contribution in [3.05, 3.63) is 71.8 Å². The van der Waals surface area contributed by atoms with Gasteiger partial charge in [-0.2, -0.15) is 5.26 Å². The highest BCUT2D eigenvalue weighted by molar-refractivity contribution is 5.89. The van der Waals surface area contributed by atoms with Crippen LogP contribution in [0.2, 0.25) is 0 Å². The first-order valence-corrected chi connectivity index (χ1v) is 13.8. The summed E-state index contributed by atoms with van der Waals surface area (Å²) in [6.45, 7) is 18.7. The summed E-state index contributed by atoms with van der Waals surface area (Å²) in [6.07, 6.45) is 9.36. The Morgan fingerprint density at radius 1 is 1.07 bits per heavy atom. The van der Waals surface area contributed by atoms with Crippen molar-refractivity contribution in [2.75, 3.05) is 14.2 Å². The molecule has 1 aromatic rings. The van der Waals surface area contributed by atoms with Crippen molar-refractivity contribution in [3.63, 3.8) is 0 Å². The fraction of sp³-hybridized carbons (Fsp3) is 0.576. The van der Waals surface area contributed by atoms with Crippen LogP contribution < -0.4 is 0 Å². The van der Waals surface area contributed by atoms with Crippen molar-refractivity contribution >= 4 is 5.97 Å². The number of nitrogens with zero attached hydrogens (tertiary/aromatic N) is 1. The summed E-state index contributed by atoms with van der Waals surface area (Å²) in [6, 6.07) is 9.43. The van der Waals surface area contributed by atoms with E-state index in [0.29, 0.717) is 11.5 Å². The van der Waals surface area contributed by atoms with Crippen molar-refractivity contribution < 1.29 is 28.2 Å². The summed E-state index contributed by atoms with van der Waals surface area (Å²) in [7, 11) is 3.02. The molecule has 0 heterocycles. The van der Waals surface area contributed by atoms with Crippen molar-refractivity contribution in [1.82, 2.24) is 0 Å². The Bertz CT molecular complexity index is 801. The van der Waals surface area contributed by atoms with Crippen LogP contribution in [-0.4, -0.2) is 43.9 Å². The number of methoxy groups -OCH3 is 2. The second kappa shape index (κ2) is 32.4. The van der Waals surface area contributed by atoms with Crippen molar-refractivity contribution in [3.8, 4) is 6.07 Å². The fourth-order valence-corrected chi connectivity index (χ4v) is 2.57. The predicted molar refractivity (Wildman–Crippen MR) is 165 cm³/mol. The molecule has 0 saturated carbocycles. The van der Waals surface area contributed by atoms with Gasteiger partial charge in [-0.25, -0.2) is 13.6 Å². The van der Waals surface area contributed by atoms with E-state index in [2.05, 4.69) is 32.1 Å². The quantitative estimate of drug-likeness (QED) is 0.132. The number of halogens is 2. The topological polar surface area (TPSA) is 79.6 Å². The number of esters is 1. The molecule has 1 aromatic carbocycles. The highest BCUT2D eigenvalue weighted by atomic mass is 19.3. The molecule has 0 radical (unpaired) electrons. The molecule has 0 aromatic heterocycles. The summed E-state index contributed by atoms with van der Waals surface area (Å²) in [5.74, 6) is 0.113. The van der Waals surface area contributed by atoms with Crippen LogP contribution in [0.4, 0.5) is 8.78 Å². The number of carbonyl (C=O) groups excluding carboxylic acids is 1. The van der Waals surface area contributed by atoms with Gasteiger partial charge in [0.2, 0.25) is 0 Å². The molecule has 0 aliphatic heterocycles. The first kappa shape index (κ1) is 44.2. The lowest BCUT2D eigenvalue weighted by Crippen LogP contribution is -2.30. The highest BCUT2D eigenvalue weighted by Gasteiger charge is 2.17. The molecule has 0 bridgehead atoms. The predicted octanol–water partition coefficient (Wildman–Crippen LogP) is 9.13. The number of aryl methyl sites for hydroxylation is 1. The second-order valence-electron chi connectivity index (χ2n) is 9.03. The highest BCUT2D eigenvalue weighted by Crippen LogP contribution is 2.09. The van der Waals surface area contributed by atoms with Crippen LogP contribution in [0.3, 0.4) is 0 Å². The van der Waals surface area contributed by atoms with Crippen LogP contribution in [0, 0.1) is 17.2 Å². The molecular formula is C33H55F2NO4. The van der Waals surface area contributed by atoms with Crippen LogP contribution in [0.25, 0.3) is 0 Å². The van der Waals surface area contributed by atoms with E-state index in [-0.39, 0.29) is 23.8 Å². The number of allylic oxidation sites excluding steroid dienone is 5. The van der Waals surface area contributed by atoms with Gasteiger partial charge >= 0.3 is 5.97 Å². The molecular weight excluding hydrogens is 512 g/mol. The van der Waals surface area contributed by atoms with Gasteiger partial charge in [0.05, 0.1) is 31.0 Å². The number of alkyl halides is 2. The summed E-state index contributed by atoms with van der Waals surface area (Å²) in [5, 5.41) is 16.9. The molecule has 0 aliphatic carbocycles. The Labute approximate surface area is 243 Å². The van der Waals surface area contributed by atoms with Gasteiger partial charge in [0, 0.05) is 13.2 Å². The minimum atomic E-state index is -2.27. The zero-order valence-electron chi connectivity index (χ0n) is 26.5. The molecule has 2 unspecified atom stereocenters. The van der Waals surface area contributed by atoms with E-state index >= 15 is 0 Å². The van der Waals surface area contributed by atoms with Crippen LogP contribution >= 0.6 is 0 Å². The lowest BCUT2D eigenvalue weighted by atomic mass is 10.0. The monoisotopic (exact) mass is 567 g/mol. The molecule has 2 atom stereocenters. The fourth-order valence-electron chi connectivity index (χ4n) is 2.57. The van der Waals surface area contributed by atoms with Gasteiger partial charge in [-0.15, -0.1) is 0 Å². The largest absolute Gasteiger partial charge is 0.465 e. The van der Waals surface area contributed by atoms with E-state index in [9.17, 15) is 13.6 Å². The molecule has 1 rings (SSSR count). The number of hydrogen-bond acceptors (Lipinski definition) is 5. The number of aliphatic hydroxyl groups excluding tert-OH is 1. The average molecular weight is 568 g/mol. The van der Waals surface area contributed by atoms with Crippen LogP contribution in [0.5, 0.6) is 0 Å². The van der Waals surface area contributed by atoms with E-state index in [1.165, 1.54) is 57.4 Å². The molecule has 0 saturated heterocycles. The first-order chi connectivity index (χ1) is 18.9. The lowest BCUT2D eigenvalue weighted by Gasteiger charge is -2.21. The van der Waals surface area contributed by atoms with Gasteiger partial charge < -0.3 is 14.6 Å². The molecule has 0 amide bonds. The van der Waals surface area contributed by atoms with E-state index in [1.54, 1.807) is 33.1 Å². The minimum absolute atomic E-state index is 0.0231. The van der Waals surface area contributed by atoms with Gasteiger partial charge in [-0.05, 0) is 62.8 Å². The maximum absolute atomic E-state index is 11.4. The third kappa shape index (κ3) is 29.7. The Balaban J connectivity index is -0.000000218. The Morgan fingerprint density at radius 2 is 1.60 bits per heavy atom. The van der Waals surface area contributed by atoms with Crippen LogP contribution in [-0.2, 0) is 15.9 Å². The number of unbranched alkanes of at least 4 members (excludes halogenated alkanes) is 2. The van der Waals surface area contributed by atoms with Gasteiger partial charge in [0.1, 0.15) is 0 Å². The zero-order chi connectivity index (χ0) is 31.9. The first-order valence-electron chi connectivity index (χ1n) is 13.8. The SMILES string of the molecule is C/C=C(\C)C(F)F.C=C/C=C/C#N.CCCC.CCCCc1ccc(C(=O)OC)cc1.COC(C(C)C)C(C)O. The molecule has 0 aliphatic rings. The lowest BCUT2D eigenvalue weighted by molar-refractivity contribution is -0.0285. The molecule has 0 spiro atoms. The maximum Gasteiger partial charge on any atom is 0.337 e. The Kier molecular flexibility index (Phi) is 35.8. The maximum atomic E-state index is 11.4. The van der Waals surface area contributed by atoms with E-state index in [1.807, 2.05) is 44.2 Å². The third-order valence-electron chi connectivity index (χ3n) is 5.21. The minimum Gasteiger partial charge on any atom is -0.465 e. The van der Waals surface area contributed by atoms with E-state index in [4.69, 9.17) is 15.1 Å². The number of benzene rings is 1. The van der Waals surface area contributed by atoms with E-state index < -0.39 is 6.43 Å². The van der Waals surface area contributed by atoms with Crippen molar-refractivity contribution in [2.24, 2.45) is 5.92 Å². The number of hydrogen-bond donors (Lipinski definition) is 1. The molecule has 40 heavy (non-hydrogen) atoms. The molecule has 0 fully saturated rings. The van der Waals surface area contributed by atoms with Gasteiger partial charge in [-0.1, -0.05) is 90.8 Å². The molecule has 230 valence electrons. The molecule has 5 nitrogen and oxygen atoms in total. The molecule has 1 N–H and O–H groups in total. The number of nitriles is 1. The Morgan fingerprint density at radius 3 is 1.80 bits per heavy atom. The molecule has 7 heteroatoms. The number of aliphatic hydroxyl groups is 1. The smallest absolute Gasteiger partial charge is 0.337 e. The normalized spacial score (nSPS) is 11.7. The zero-order valence-corrected chi connectivity index (χ0v) is 26.5. The number of rotatable bonds is 10.